The van der Waals surface area contributed by atoms with Crippen molar-refractivity contribution < 1.29 is 32.2 Å². The van der Waals surface area contributed by atoms with Crippen LogP contribution in [-0.2, 0) is 25.2 Å². The highest BCUT2D eigenvalue weighted by Gasteiger charge is 2.45. The molecule has 128 valence electrons. The van der Waals surface area contributed by atoms with Crippen molar-refractivity contribution in [2.24, 2.45) is 5.41 Å². The van der Waals surface area contributed by atoms with Crippen molar-refractivity contribution in [3.05, 3.63) is 53.6 Å². The molecular weight excluding hydrogens is 325 g/mol. The van der Waals surface area contributed by atoms with E-state index in [1.165, 1.54) is 32.4 Å². The Morgan fingerprint density at radius 2 is 1.71 bits per heavy atom. The molecule has 0 amide bonds. The summed E-state index contributed by atoms with van der Waals surface area (Å²) in [5, 5.41) is 0. The summed E-state index contributed by atoms with van der Waals surface area (Å²) >= 11 is 0. The Morgan fingerprint density at radius 3 is 2.21 bits per heavy atom. The minimum atomic E-state index is -4.45. The molecule has 1 aromatic rings. The van der Waals surface area contributed by atoms with Crippen LogP contribution in [0.25, 0.3) is 5.57 Å². The van der Waals surface area contributed by atoms with E-state index in [9.17, 15) is 22.8 Å². The molecule has 0 bridgehead atoms. The van der Waals surface area contributed by atoms with E-state index >= 15 is 0 Å². The van der Waals surface area contributed by atoms with E-state index in [0.29, 0.717) is 11.1 Å². The molecule has 0 saturated carbocycles. The third-order valence-corrected chi connectivity index (χ3v) is 3.85. The standard InChI is InChI=1S/C17H15F3O4/c1-23-14(21)10-16(15(22)24-2)9-3-4-13(16)11-5-7-12(8-6-11)17(18,19)20/h3-9H,10H2,1-2H3/t16-/m0/s1. The van der Waals surface area contributed by atoms with E-state index in [2.05, 4.69) is 4.74 Å². The van der Waals surface area contributed by atoms with Gasteiger partial charge in [-0.15, -0.1) is 0 Å². The number of carbonyl (C=O) groups excluding carboxylic acids is 2. The smallest absolute Gasteiger partial charge is 0.416 e. The topological polar surface area (TPSA) is 52.6 Å². The normalized spacial score (nSPS) is 19.8. The van der Waals surface area contributed by atoms with Crippen LogP contribution in [0.5, 0.6) is 0 Å². The second kappa shape index (κ2) is 6.51. The fourth-order valence-corrected chi connectivity index (χ4v) is 2.63. The lowest BCUT2D eigenvalue weighted by atomic mass is 9.76. The second-order valence-corrected chi connectivity index (χ2v) is 5.23. The maximum atomic E-state index is 12.7. The van der Waals surface area contributed by atoms with Gasteiger partial charge in [-0.25, -0.2) is 0 Å². The molecule has 0 radical (unpaired) electrons. The van der Waals surface area contributed by atoms with Crippen LogP contribution < -0.4 is 0 Å². The third-order valence-electron chi connectivity index (χ3n) is 3.85. The third kappa shape index (κ3) is 3.20. The number of hydrogen-bond acceptors (Lipinski definition) is 4. The zero-order valence-electron chi connectivity index (χ0n) is 13.0. The summed E-state index contributed by atoms with van der Waals surface area (Å²) in [6.45, 7) is 0. The molecule has 7 heteroatoms. The number of methoxy groups -OCH3 is 2. The fraction of sp³-hybridized carbons (Fsp3) is 0.294. The average Bonchev–Trinajstić information content (AvgIpc) is 2.97. The van der Waals surface area contributed by atoms with Crippen molar-refractivity contribution in [3.63, 3.8) is 0 Å². The van der Waals surface area contributed by atoms with Crippen LogP contribution >= 0.6 is 0 Å². The van der Waals surface area contributed by atoms with Gasteiger partial charge >= 0.3 is 18.1 Å². The van der Waals surface area contributed by atoms with Gasteiger partial charge in [0.05, 0.1) is 26.2 Å². The molecule has 0 unspecified atom stereocenters. The predicted molar refractivity (Wildman–Crippen MR) is 79.6 cm³/mol. The molecule has 1 aliphatic rings. The molecule has 0 aromatic heterocycles. The minimum Gasteiger partial charge on any atom is -0.469 e. The van der Waals surface area contributed by atoms with Gasteiger partial charge in [0.15, 0.2) is 0 Å². The van der Waals surface area contributed by atoms with E-state index in [4.69, 9.17) is 4.74 Å². The Labute approximate surface area is 136 Å². The quantitative estimate of drug-likeness (QED) is 0.789. The summed E-state index contributed by atoms with van der Waals surface area (Å²) in [6, 6.07) is 4.37. The summed E-state index contributed by atoms with van der Waals surface area (Å²) in [6.07, 6.45) is -0.135. The summed E-state index contributed by atoms with van der Waals surface area (Å²) < 4.78 is 47.5. The first-order valence-electron chi connectivity index (χ1n) is 6.97. The van der Waals surface area contributed by atoms with Crippen molar-refractivity contribution in [2.75, 3.05) is 14.2 Å². The monoisotopic (exact) mass is 340 g/mol. The Kier molecular flexibility index (Phi) is 4.82. The molecular formula is C17H15F3O4. The Morgan fingerprint density at radius 1 is 1.08 bits per heavy atom. The predicted octanol–water partition coefficient (Wildman–Crippen LogP) is 3.38. The van der Waals surface area contributed by atoms with Crippen molar-refractivity contribution in [3.8, 4) is 0 Å². The molecule has 2 rings (SSSR count). The van der Waals surface area contributed by atoms with Crippen LogP contribution in [0, 0.1) is 5.41 Å². The second-order valence-electron chi connectivity index (χ2n) is 5.23. The first-order chi connectivity index (χ1) is 11.2. The van der Waals surface area contributed by atoms with E-state index in [0.717, 1.165) is 12.1 Å². The molecule has 0 N–H and O–H groups in total. The first kappa shape index (κ1) is 17.8. The highest BCUT2D eigenvalue weighted by Crippen LogP contribution is 2.45. The van der Waals surface area contributed by atoms with Gasteiger partial charge in [0.1, 0.15) is 5.41 Å². The van der Waals surface area contributed by atoms with Gasteiger partial charge in [-0.05, 0) is 23.3 Å². The SMILES string of the molecule is COC(=O)C[C@@]1(C(=O)OC)C=CC=C1c1ccc(C(F)(F)F)cc1. The maximum absolute atomic E-state index is 12.7. The number of hydrogen-bond donors (Lipinski definition) is 0. The van der Waals surface area contributed by atoms with Gasteiger partial charge < -0.3 is 9.47 Å². The molecule has 0 saturated heterocycles. The molecule has 4 nitrogen and oxygen atoms in total. The van der Waals surface area contributed by atoms with Crippen LogP contribution in [-0.4, -0.2) is 26.2 Å². The highest BCUT2D eigenvalue weighted by molar-refractivity contribution is 6.00. The largest absolute Gasteiger partial charge is 0.469 e. The summed E-state index contributed by atoms with van der Waals surface area (Å²) in [4.78, 5) is 24.0. The number of halogens is 3. The fourth-order valence-electron chi connectivity index (χ4n) is 2.63. The maximum Gasteiger partial charge on any atom is 0.416 e. The van der Waals surface area contributed by atoms with Crippen LogP contribution in [0.3, 0.4) is 0 Å². The van der Waals surface area contributed by atoms with E-state index in [1.54, 1.807) is 12.2 Å². The molecule has 0 spiro atoms. The summed E-state index contributed by atoms with van der Waals surface area (Å²) in [5.74, 6) is -1.32. The number of benzene rings is 1. The number of carbonyl (C=O) groups is 2. The van der Waals surface area contributed by atoms with Crippen LogP contribution in [0.1, 0.15) is 17.5 Å². The number of ether oxygens (including phenoxy) is 2. The van der Waals surface area contributed by atoms with E-state index < -0.39 is 29.1 Å². The van der Waals surface area contributed by atoms with Crippen molar-refractivity contribution in [1.29, 1.82) is 0 Å². The summed E-state index contributed by atoms with van der Waals surface area (Å²) in [7, 11) is 2.37. The lowest BCUT2D eigenvalue weighted by Gasteiger charge is -2.27. The van der Waals surface area contributed by atoms with Gasteiger partial charge in [0.25, 0.3) is 0 Å². The van der Waals surface area contributed by atoms with Gasteiger partial charge in [-0.3, -0.25) is 9.59 Å². The zero-order chi connectivity index (χ0) is 18.0. The van der Waals surface area contributed by atoms with Crippen molar-refractivity contribution in [1.82, 2.24) is 0 Å². The lowest BCUT2D eigenvalue weighted by Crippen LogP contribution is -2.33. The Hall–Kier alpha value is -2.57. The zero-order valence-corrected chi connectivity index (χ0v) is 13.0. The van der Waals surface area contributed by atoms with E-state index in [-0.39, 0.29) is 6.42 Å². The number of esters is 2. The van der Waals surface area contributed by atoms with Crippen LogP contribution in [0.2, 0.25) is 0 Å². The van der Waals surface area contributed by atoms with Gasteiger partial charge in [-0.2, -0.15) is 13.2 Å². The molecule has 1 aromatic carbocycles. The van der Waals surface area contributed by atoms with Crippen molar-refractivity contribution >= 4 is 17.5 Å². The Bertz CT molecular complexity index is 702. The Balaban J connectivity index is 2.44. The molecule has 1 atom stereocenters. The molecule has 1 aliphatic carbocycles. The molecule has 0 aliphatic heterocycles. The summed E-state index contributed by atoms with van der Waals surface area (Å²) in [5.41, 5.74) is -1.44. The lowest BCUT2D eigenvalue weighted by molar-refractivity contribution is -0.153. The number of alkyl halides is 3. The van der Waals surface area contributed by atoms with Gasteiger partial charge in [-0.1, -0.05) is 30.4 Å². The van der Waals surface area contributed by atoms with Crippen molar-refractivity contribution in [2.45, 2.75) is 12.6 Å². The molecule has 0 heterocycles. The van der Waals surface area contributed by atoms with Crippen LogP contribution in [0.15, 0.2) is 42.5 Å². The average molecular weight is 340 g/mol. The van der Waals surface area contributed by atoms with Gasteiger partial charge in [0, 0.05) is 0 Å². The number of rotatable bonds is 4. The molecule has 24 heavy (non-hydrogen) atoms. The minimum absolute atomic E-state index is 0.306. The number of allylic oxidation sites excluding steroid dienone is 2. The first-order valence-corrected chi connectivity index (χ1v) is 6.97. The van der Waals surface area contributed by atoms with Gasteiger partial charge in [0.2, 0.25) is 0 Å². The highest BCUT2D eigenvalue weighted by atomic mass is 19.4. The van der Waals surface area contributed by atoms with Crippen LogP contribution in [0.4, 0.5) is 13.2 Å². The molecule has 0 fully saturated rings. The van der Waals surface area contributed by atoms with E-state index in [1.807, 2.05) is 0 Å².